The standard InChI is InChI=1S/C12H11ClN2/c1-8-7-15-5-4-10(8)11-3-2-9(13)6-12(11)14/h2-7H,14H2,1H3. The minimum absolute atomic E-state index is 0.656. The van der Waals surface area contributed by atoms with Crippen molar-refractivity contribution in [2.75, 3.05) is 5.73 Å². The fourth-order valence-electron chi connectivity index (χ4n) is 1.55. The Kier molecular flexibility index (Phi) is 2.60. The first kappa shape index (κ1) is 9.99. The summed E-state index contributed by atoms with van der Waals surface area (Å²) in [6.07, 6.45) is 3.58. The first-order valence-corrected chi connectivity index (χ1v) is 5.02. The van der Waals surface area contributed by atoms with Crippen LogP contribution in [0.25, 0.3) is 11.1 Å². The molecule has 0 unspecified atom stereocenters. The zero-order chi connectivity index (χ0) is 10.8. The number of aryl methyl sites for hydroxylation is 1. The second kappa shape index (κ2) is 3.91. The van der Waals surface area contributed by atoms with Gasteiger partial charge in [-0.1, -0.05) is 17.7 Å². The number of benzene rings is 1. The third-order valence-electron chi connectivity index (χ3n) is 2.32. The van der Waals surface area contributed by atoms with Gasteiger partial charge in [0, 0.05) is 28.7 Å². The van der Waals surface area contributed by atoms with Crippen molar-refractivity contribution in [1.29, 1.82) is 0 Å². The maximum absolute atomic E-state index is 5.92. The van der Waals surface area contributed by atoms with Gasteiger partial charge in [0.15, 0.2) is 0 Å². The molecule has 0 aliphatic carbocycles. The van der Waals surface area contributed by atoms with Gasteiger partial charge in [0.25, 0.3) is 0 Å². The molecule has 1 aromatic carbocycles. The highest BCUT2D eigenvalue weighted by Crippen LogP contribution is 2.29. The van der Waals surface area contributed by atoms with Crippen LogP contribution in [0.5, 0.6) is 0 Å². The Hall–Kier alpha value is -1.54. The van der Waals surface area contributed by atoms with Crippen LogP contribution in [0.15, 0.2) is 36.7 Å². The Morgan fingerprint density at radius 1 is 1.20 bits per heavy atom. The predicted octanol–water partition coefficient (Wildman–Crippen LogP) is 3.29. The number of nitrogens with two attached hydrogens (primary N) is 1. The first-order valence-electron chi connectivity index (χ1n) is 4.64. The Morgan fingerprint density at radius 3 is 2.67 bits per heavy atom. The fourth-order valence-corrected chi connectivity index (χ4v) is 1.74. The largest absolute Gasteiger partial charge is 0.398 e. The average molecular weight is 219 g/mol. The van der Waals surface area contributed by atoms with Crippen LogP contribution >= 0.6 is 11.6 Å². The Labute approximate surface area is 93.7 Å². The van der Waals surface area contributed by atoms with Crippen LogP contribution in [0.4, 0.5) is 5.69 Å². The van der Waals surface area contributed by atoms with Crippen LogP contribution in [0.3, 0.4) is 0 Å². The monoisotopic (exact) mass is 218 g/mol. The molecule has 0 saturated heterocycles. The van der Waals surface area contributed by atoms with E-state index in [1.165, 1.54) is 0 Å². The van der Waals surface area contributed by atoms with Crippen LogP contribution in [0.1, 0.15) is 5.56 Å². The number of hydrogen-bond donors (Lipinski definition) is 1. The topological polar surface area (TPSA) is 38.9 Å². The van der Waals surface area contributed by atoms with Gasteiger partial charge in [-0.25, -0.2) is 0 Å². The van der Waals surface area contributed by atoms with Crippen molar-refractivity contribution in [2.45, 2.75) is 6.92 Å². The molecule has 0 spiro atoms. The van der Waals surface area contributed by atoms with Gasteiger partial charge in [-0.05, 0) is 36.2 Å². The molecule has 0 aliphatic rings. The third kappa shape index (κ3) is 1.95. The molecule has 0 fully saturated rings. The van der Waals surface area contributed by atoms with E-state index in [1.54, 1.807) is 12.3 Å². The molecular weight excluding hydrogens is 208 g/mol. The molecule has 15 heavy (non-hydrogen) atoms. The number of nitrogens with zero attached hydrogens (tertiary/aromatic N) is 1. The van der Waals surface area contributed by atoms with E-state index in [0.29, 0.717) is 10.7 Å². The molecule has 2 aromatic rings. The van der Waals surface area contributed by atoms with Gasteiger partial charge in [0.2, 0.25) is 0 Å². The minimum atomic E-state index is 0.656. The summed E-state index contributed by atoms with van der Waals surface area (Å²) in [4.78, 5) is 4.05. The lowest BCUT2D eigenvalue weighted by Crippen LogP contribution is -1.92. The maximum Gasteiger partial charge on any atom is 0.0426 e. The summed E-state index contributed by atoms with van der Waals surface area (Å²) in [7, 11) is 0. The molecule has 0 atom stereocenters. The molecule has 2 nitrogen and oxygen atoms in total. The Balaban J connectivity index is 2.60. The van der Waals surface area contributed by atoms with Gasteiger partial charge in [-0.3, -0.25) is 4.98 Å². The number of nitrogen functional groups attached to an aromatic ring is 1. The molecule has 3 heteroatoms. The highest BCUT2D eigenvalue weighted by atomic mass is 35.5. The first-order chi connectivity index (χ1) is 7.18. The molecule has 1 aromatic heterocycles. The molecule has 1 heterocycles. The Bertz CT molecular complexity index is 495. The lowest BCUT2D eigenvalue weighted by molar-refractivity contribution is 1.27. The zero-order valence-electron chi connectivity index (χ0n) is 8.37. The summed E-state index contributed by atoms with van der Waals surface area (Å²) in [5.41, 5.74) is 9.81. The molecule has 0 aliphatic heterocycles. The van der Waals surface area contributed by atoms with Crippen LogP contribution < -0.4 is 5.73 Å². The van der Waals surface area contributed by atoms with Crippen molar-refractivity contribution in [3.63, 3.8) is 0 Å². The highest BCUT2D eigenvalue weighted by Gasteiger charge is 2.05. The van der Waals surface area contributed by atoms with Crippen LogP contribution in [-0.4, -0.2) is 4.98 Å². The van der Waals surface area contributed by atoms with Gasteiger partial charge in [-0.15, -0.1) is 0 Å². The number of hydrogen-bond acceptors (Lipinski definition) is 2. The maximum atomic E-state index is 5.92. The van der Waals surface area contributed by atoms with Crippen LogP contribution in [-0.2, 0) is 0 Å². The van der Waals surface area contributed by atoms with E-state index in [9.17, 15) is 0 Å². The third-order valence-corrected chi connectivity index (χ3v) is 2.56. The lowest BCUT2D eigenvalue weighted by atomic mass is 10.0. The molecule has 0 bridgehead atoms. The predicted molar refractivity (Wildman–Crippen MR) is 63.8 cm³/mol. The van der Waals surface area contributed by atoms with Crippen molar-refractivity contribution >= 4 is 17.3 Å². The number of pyridine rings is 1. The smallest absolute Gasteiger partial charge is 0.0426 e. The zero-order valence-corrected chi connectivity index (χ0v) is 9.12. The Morgan fingerprint density at radius 2 is 2.00 bits per heavy atom. The van der Waals surface area contributed by atoms with Gasteiger partial charge in [-0.2, -0.15) is 0 Å². The molecule has 2 N–H and O–H groups in total. The quantitative estimate of drug-likeness (QED) is 0.746. The van der Waals surface area contributed by atoms with Gasteiger partial charge < -0.3 is 5.73 Å². The van der Waals surface area contributed by atoms with E-state index in [2.05, 4.69) is 4.98 Å². The molecule has 2 rings (SSSR count). The molecule has 0 saturated carbocycles. The molecule has 0 radical (unpaired) electrons. The highest BCUT2D eigenvalue weighted by molar-refractivity contribution is 6.31. The summed E-state index contributed by atoms with van der Waals surface area (Å²) in [6.45, 7) is 2.01. The molecular formula is C12H11ClN2. The van der Waals surface area contributed by atoms with Gasteiger partial charge in [0.1, 0.15) is 0 Å². The van der Waals surface area contributed by atoms with Gasteiger partial charge >= 0.3 is 0 Å². The summed E-state index contributed by atoms with van der Waals surface area (Å²) < 4.78 is 0. The number of anilines is 1. The van der Waals surface area contributed by atoms with Crippen molar-refractivity contribution in [3.8, 4) is 11.1 Å². The lowest BCUT2D eigenvalue weighted by Gasteiger charge is -2.08. The summed E-state index contributed by atoms with van der Waals surface area (Å²) in [5.74, 6) is 0. The van der Waals surface area contributed by atoms with Crippen LogP contribution in [0.2, 0.25) is 5.02 Å². The number of aromatic nitrogens is 1. The number of halogens is 1. The minimum Gasteiger partial charge on any atom is -0.398 e. The fraction of sp³-hybridized carbons (Fsp3) is 0.0833. The normalized spacial score (nSPS) is 10.3. The van der Waals surface area contributed by atoms with Crippen molar-refractivity contribution in [3.05, 3.63) is 47.2 Å². The summed E-state index contributed by atoms with van der Waals surface area (Å²) in [6, 6.07) is 7.48. The SMILES string of the molecule is Cc1cnccc1-c1ccc(Cl)cc1N. The second-order valence-electron chi connectivity index (χ2n) is 3.42. The second-order valence-corrected chi connectivity index (χ2v) is 3.86. The summed E-state index contributed by atoms with van der Waals surface area (Å²) >= 11 is 5.85. The van der Waals surface area contributed by atoms with E-state index in [-0.39, 0.29) is 0 Å². The van der Waals surface area contributed by atoms with Crippen molar-refractivity contribution < 1.29 is 0 Å². The van der Waals surface area contributed by atoms with E-state index in [4.69, 9.17) is 17.3 Å². The van der Waals surface area contributed by atoms with E-state index >= 15 is 0 Å². The van der Waals surface area contributed by atoms with Crippen LogP contribution in [0, 0.1) is 6.92 Å². The molecule has 0 amide bonds. The molecule has 76 valence electrons. The van der Waals surface area contributed by atoms with E-state index in [1.807, 2.05) is 31.3 Å². The van der Waals surface area contributed by atoms with Crippen molar-refractivity contribution in [1.82, 2.24) is 4.98 Å². The average Bonchev–Trinajstić information content (AvgIpc) is 2.20. The van der Waals surface area contributed by atoms with Gasteiger partial charge in [0.05, 0.1) is 0 Å². The van der Waals surface area contributed by atoms with E-state index in [0.717, 1.165) is 16.7 Å². The van der Waals surface area contributed by atoms with E-state index < -0.39 is 0 Å². The summed E-state index contributed by atoms with van der Waals surface area (Å²) in [5, 5.41) is 0.656. The van der Waals surface area contributed by atoms with Crippen molar-refractivity contribution in [2.24, 2.45) is 0 Å². The number of rotatable bonds is 1.